The lowest BCUT2D eigenvalue weighted by Crippen LogP contribution is -2.24. The second-order valence-corrected chi connectivity index (χ2v) is 7.89. The van der Waals surface area contributed by atoms with Crippen LogP contribution in [0.4, 0.5) is 23.0 Å². The Balaban J connectivity index is 1.70. The third kappa shape index (κ3) is 2.92. The molecule has 2 heterocycles. The number of rotatable bonds is 2. The van der Waals surface area contributed by atoms with Gasteiger partial charge in [-0.2, -0.15) is 0 Å². The second-order valence-electron chi connectivity index (χ2n) is 7.89. The van der Waals surface area contributed by atoms with E-state index in [4.69, 9.17) is 9.97 Å². The fourth-order valence-corrected chi connectivity index (χ4v) is 3.81. The Bertz CT molecular complexity index is 1150. The van der Waals surface area contributed by atoms with Crippen LogP contribution in [0, 0.1) is 27.7 Å². The number of benzene rings is 3. The molecule has 29 heavy (non-hydrogen) atoms. The maximum Gasteiger partial charge on any atom is 0.179 e. The number of aromatic nitrogens is 2. The standard InChI is InChI=1S/C25H24N4/c1-16-9-11-20(13-18(16)3)28-15-29(21-12-10-17(2)19(4)14-21)25-24(28)26-22-7-5-6-8-23(22)27-25/h5-14H,15H2,1-4H3. The van der Waals surface area contributed by atoms with Crippen molar-refractivity contribution in [2.45, 2.75) is 27.7 Å². The number of aryl methyl sites for hydroxylation is 4. The SMILES string of the molecule is Cc1ccc(N2CN(c3ccc(C)c(C)c3)c3nc4ccccc4nc32)cc1C. The summed E-state index contributed by atoms with van der Waals surface area (Å²) in [5.74, 6) is 1.82. The predicted molar refractivity (Wildman–Crippen MR) is 121 cm³/mol. The Morgan fingerprint density at radius 3 is 1.45 bits per heavy atom. The largest absolute Gasteiger partial charge is 0.305 e. The zero-order valence-corrected chi connectivity index (χ0v) is 17.3. The van der Waals surface area contributed by atoms with Crippen molar-refractivity contribution < 1.29 is 0 Å². The summed E-state index contributed by atoms with van der Waals surface area (Å²) in [5.41, 5.74) is 9.27. The number of hydrogen-bond donors (Lipinski definition) is 0. The van der Waals surface area contributed by atoms with E-state index in [1.807, 2.05) is 24.3 Å². The normalized spacial score (nSPS) is 13.2. The number of anilines is 4. The van der Waals surface area contributed by atoms with Crippen LogP contribution >= 0.6 is 0 Å². The van der Waals surface area contributed by atoms with Gasteiger partial charge in [-0.25, -0.2) is 9.97 Å². The van der Waals surface area contributed by atoms with Gasteiger partial charge in [-0.1, -0.05) is 24.3 Å². The smallest absolute Gasteiger partial charge is 0.179 e. The molecule has 0 bridgehead atoms. The van der Waals surface area contributed by atoms with E-state index >= 15 is 0 Å². The summed E-state index contributed by atoms with van der Waals surface area (Å²) in [4.78, 5) is 14.5. The summed E-state index contributed by atoms with van der Waals surface area (Å²) >= 11 is 0. The molecule has 0 amide bonds. The summed E-state index contributed by atoms with van der Waals surface area (Å²) in [6, 6.07) is 21.3. The molecule has 0 radical (unpaired) electrons. The molecule has 4 aromatic rings. The first-order valence-corrected chi connectivity index (χ1v) is 9.97. The molecular weight excluding hydrogens is 356 g/mol. The van der Waals surface area contributed by atoms with Crippen LogP contribution in [-0.4, -0.2) is 16.6 Å². The van der Waals surface area contributed by atoms with Crippen LogP contribution in [0.1, 0.15) is 22.3 Å². The van der Waals surface area contributed by atoms with E-state index in [-0.39, 0.29) is 0 Å². The van der Waals surface area contributed by atoms with Crippen molar-refractivity contribution in [1.82, 2.24) is 9.97 Å². The third-order valence-electron chi connectivity index (χ3n) is 5.93. The van der Waals surface area contributed by atoms with Gasteiger partial charge in [0.15, 0.2) is 11.6 Å². The van der Waals surface area contributed by atoms with Gasteiger partial charge < -0.3 is 9.80 Å². The fraction of sp³-hybridized carbons (Fsp3) is 0.200. The molecule has 0 aliphatic carbocycles. The first-order chi connectivity index (χ1) is 14.0. The predicted octanol–water partition coefficient (Wildman–Crippen LogP) is 6.11. The van der Waals surface area contributed by atoms with E-state index in [0.717, 1.165) is 34.0 Å². The van der Waals surface area contributed by atoms with Gasteiger partial charge in [0.1, 0.15) is 6.67 Å². The van der Waals surface area contributed by atoms with Crippen molar-refractivity contribution in [3.8, 4) is 0 Å². The van der Waals surface area contributed by atoms with E-state index in [2.05, 4.69) is 73.9 Å². The van der Waals surface area contributed by atoms with E-state index < -0.39 is 0 Å². The molecule has 4 heteroatoms. The minimum atomic E-state index is 0.691. The molecule has 0 fully saturated rings. The van der Waals surface area contributed by atoms with Gasteiger partial charge in [0.05, 0.1) is 11.0 Å². The van der Waals surface area contributed by atoms with Gasteiger partial charge >= 0.3 is 0 Å². The molecule has 1 aliphatic rings. The Morgan fingerprint density at radius 2 is 1.03 bits per heavy atom. The van der Waals surface area contributed by atoms with Crippen LogP contribution < -0.4 is 9.80 Å². The highest BCUT2D eigenvalue weighted by Crippen LogP contribution is 2.43. The number of fused-ring (bicyclic) bond motifs is 2. The lowest BCUT2D eigenvalue weighted by molar-refractivity contribution is 0.974. The molecule has 0 saturated carbocycles. The van der Waals surface area contributed by atoms with Gasteiger partial charge in [-0.05, 0) is 86.3 Å². The summed E-state index contributed by atoms with van der Waals surface area (Å²) in [6.07, 6.45) is 0. The lowest BCUT2D eigenvalue weighted by atomic mass is 10.1. The molecular formula is C25H24N4. The highest BCUT2D eigenvalue weighted by Gasteiger charge is 2.31. The van der Waals surface area contributed by atoms with Gasteiger partial charge in [-0.3, -0.25) is 0 Å². The maximum absolute atomic E-state index is 5.00. The van der Waals surface area contributed by atoms with Crippen LogP contribution in [0.5, 0.6) is 0 Å². The zero-order valence-electron chi connectivity index (χ0n) is 17.3. The molecule has 1 aliphatic heterocycles. The molecule has 144 valence electrons. The molecule has 0 unspecified atom stereocenters. The van der Waals surface area contributed by atoms with Crippen LogP contribution in [0.25, 0.3) is 11.0 Å². The monoisotopic (exact) mass is 380 g/mol. The molecule has 0 saturated heterocycles. The van der Waals surface area contributed by atoms with Crippen molar-refractivity contribution >= 4 is 34.0 Å². The maximum atomic E-state index is 5.00. The van der Waals surface area contributed by atoms with Gasteiger partial charge in [-0.15, -0.1) is 0 Å². The molecule has 3 aromatic carbocycles. The molecule has 5 rings (SSSR count). The third-order valence-corrected chi connectivity index (χ3v) is 5.93. The Morgan fingerprint density at radius 1 is 0.586 bits per heavy atom. The fourth-order valence-electron chi connectivity index (χ4n) is 3.81. The average Bonchev–Trinajstić information content (AvgIpc) is 3.09. The van der Waals surface area contributed by atoms with E-state index in [9.17, 15) is 0 Å². The summed E-state index contributed by atoms with van der Waals surface area (Å²) < 4.78 is 0. The second kappa shape index (κ2) is 6.59. The van der Waals surface area contributed by atoms with E-state index in [1.165, 1.54) is 22.3 Å². The van der Waals surface area contributed by atoms with Crippen LogP contribution in [0.3, 0.4) is 0 Å². The highest BCUT2D eigenvalue weighted by molar-refractivity contribution is 5.88. The van der Waals surface area contributed by atoms with Gasteiger partial charge in [0, 0.05) is 11.4 Å². The number of nitrogens with zero attached hydrogens (tertiary/aromatic N) is 4. The summed E-state index contributed by atoms with van der Waals surface area (Å²) in [7, 11) is 0. The van der Waals surface area contributed by atoms with Crippen molar-refractivity contribution in [1.29, 1.82) is 0 Å². The molecule has 0 N–H and O–H groups in total. The van der Waals surface area contributed by atoms with Crippen molar-refractivity contribution in [2.75, 3.05) is 16.5 Å². The van der Waals surface area contributed by atoms with Gasteiger partial charge in [0.2, 0.25) is 0 Å². The minimum absolute atomic E-state index is 0.691. The van der Waals surface area contributed by atoms with Crippen LogP contribution in [-0.2, 0) is 0 Å². The Labute approximate surface area is 171 Å². The molecule has 4 nitrogen and oxygen atoms in total. The molecule has 0 spiro atoms. The van der Waals surface area contributed by atoms with Crippen molar-refractivity contribution in [2.24, 2.45) is 0 Å². The lowest BCUT2D eigenvalue weighted by Gasteiger charge is -2.22. The quantitative estimate of drug-likeness (QED) is 0.420. The van der Waals surface area contributed by atoms with E-state index in [0.29, 0.717) is 6.67 Å². The highest BCUT2D eigenvalue weighted by atomic mass is 15.4. The zero-order chi connectivity index (χ0) is 20.1. The first-order valence-electron chi connectivity index (χ1n) is 9.97. The Hall–Kier alpha value is -3.40. The number of para-hydroxylation sites is 2. The number of hydrogen-bond acceptors (Lipinski definition) is 4. The average molecular weight is 380 g/mol. The first kappa shape index (κ1) is 17.7. The van der Waals surface area contributed by atoms with E-state index in [1.54, 1.807) is 0 Å². The van der Waals surface area contributed by atoms with Crippen molar-refractivity contribution in [3.63, 3.8) is 0 Å². The molecule has 0 atom stereocenters. The summed E-state index contributed by atoms with van der Waals surface area (Å²) in [6.45, 7) is 9.29. The van der Waals surface area contributed by atoms with Crippen LogP contribution in [0.2, 0.25) is 0 Å². The topological polar surface area (TPSA) is 32.3 Å². The summed E-state index contributed by atoms with van der Waals surface area (Å²) in [5, 5.41) is 0. The Kier molecular flexibility index (Phi) is 4.02. The minimum Gasteiger partial charge on any atom is -0.305 e. The van der Waals surface area contributed by atoms with Crippen molar-refractivity contribution in [3.05, 3.63) is 82.9 Å². The van der Waals surface area contributed by atoms with Gasteiger partial charge in [0.25, 0.3) is 0 Å². The van der Waals surface area contributed by atoms with Crippen LogP contribution in [0.15, 0.2) is 60.7 Å². The molecule has 1 aromatic heterocycles.